The highest BCUT2D eigenvalue weighted by Gasteiger charge is 2.69. The Labute approximate surface area is 118 Å². The molecular weight excluding hydrogens is 264 g/mol. The molecule has 4 fully saturated rings. The van der Waals surface area contributed by atoms with Gasteiger partial charge in [0, 0.05) is 0 Å². The van der Waals surface area contributed by atoms with Gasteiger partial charge in [-0.05, 0) is 27.7 Å². The molecule has 6 nitrogen and oxygen atoms in total. The first kappa shape index (κ1) is 13.4. The quantitative estimate of drug-likeness (QED) is 0.631. The Bertz CT molecular complexity index is 395. The summed E-state index contributed by atoms with van der Waals surface area (Å²) < 4.78 is 24.0. The molecule has 0 aromatic rings. The first-order valence-corrected chi connectivity index (χ1v) is 7.26. The molecular formula is C14H22O6. The van der Waals surface area contributed by atoms with Gasteiger partial charge in [-0.2, -0.15) is 0 Å². The summed E-state index contributed by atoms with van der Waals surface area (Å²) in [6, 6.07) is 0. The maximum absolute atomic E-state index is 9.69. The monoisotopic (exact) mass is 286 g/mol. The van der Waals surface area contributed by atoms with Crippen LogP contribution in [0, 0.1) is 0 Å². The summed E-state index contributed by atoms with van der Waals surface area (Å²) in [4.78, 5) is 0. The Balaban J connectivity index is 1.54. The highest BCUT2D eigenvalue weighted by atomic mass is 16.7. The van der Waals surface area contributed by atoms with E-state index in [0.29, 0.717) is 0 Å². The van der Waals surface area contributed by atoms with Crippen LogP contribution in [-0.2, 0) is 18.9 Å². The molecule has 2 aliphatic carbocycles. The molecule has 2 saturated heterocycles. The summed E-state index contributed by atoms with van der Waals surface area (Å²) in [7, 11) is 0. The van der Waals surface area contributed by atoms with Crippen molar-refractivity contribution in [1.82, 2.24) is 0 Å². The lowest BCUT2D eigenvalue weighted by molar-refractivity contribution is -0.443. The second-order valence-electron chi connectivity index (χ2n) is 7.30. The standard InChI is InChI=1S/C14H22O6/c1-13(2)14(3,4)20-12-10-9(11(12)19-13)17-7-5(15)6(16)8(7)18-10/h5-12,15-16H,1-4H3. The maximum Gasteiger partial charge on any atom is 0.116 e. The lowest BCUT2D eigenvalue weighted by Gasteiger charge is -2.65. The fourth-order valence-corrected chi connectivity index (χ4v) is 3.46. The molecule has 8 unspecified atom stereocenters. The van der Waals surface area contributed by atoms with E-state index < -0.39 is 35.6 Å². The predicted molar refractivity (Wildman–Crippen MR) is 67.2 cm³/mol. The Kier molecular flexibility index (Phi) is 2.51. The highest BCUT2D eigenvalue weighted by Crippen LogP contribution is 2.50. The minimum absolute atomic E-state index is 0.172. The average Bonchev–Trinajstić information content (AvgIpc) is 2.39. The van der Waals surface area contributed by atoms with E-state index in [-0.39, 0.29) is 24.4 Å². The van der Waals surface area contributed by atoms with Crippen LogP contribution in [0.3, 0.4) is 0 Å². The minimum atomic E-state index is -0.867. The first-order valence-electron chi connectivity index (χ1n) is 7.26. The van der Waals surface area contributed by atoms with Crippen LogP contribution in [0.4, 0.5) is 0 Å². The van der Waals surface area contributed by atoms with Crippen molar-refractivity contribution in [2.24, 2.45) is 0 Å². The number of hydrogen-bond donors (Lipinski definition) is 2. The molecule has 0 radical (unpaired) electrons. The van der Waals surface area contributed by atoms with Crippen molar-refractivity contribution in [3.63, 3.8) is 0 Å². The van der Waals surface area contributed by atoms with Gasteiger partial charge >= 0.3 is 0 Å². The van der Waals surface area contributed by atoms with Crippen molar-refractivity contribution in [2.45, 2.75) is 87.7 Å². The fourth-order valence-electron chi connectivity index (χ4n) is 3.46. The topological polar surface area (TPSA) is 77.4 Å². The summed E-state index contributed by atoms with van der Waals surface area (Å²) >= 11 is 0. The van der Waals surface area contributed by atoms with Gasteiger partial charge in [-0.15, -0.1) is 0 Å². The second-order valence-corrected chi connectivity index (χ2v) is 7.30. The summed E-state index contributed by atoms with van der Waals surface area (Å²) in [5.74, 6) is 0. The molecule has 2 saturated carbocycles. The van der Waals surface area contributed by atoms with Crippen molar-refractivity contribution >= 4 is 0 Å². The van der Waals surface area contributed by atoms with Gasteiger partial charge in [0.05, 0.1) is 11.2 Å². The molecule has 8 atom stereocenters. The van der Waals surface area contributed by atoms with Crippen LogP contribution in [0.25, 0.3) is 0 Å². The highest BCUT2D eigenvalue weighted by molar-refractivity contribution is 5.16. The molecule has 2 heterocycles. The molecule has 6 heteroatoms. The molecule has 4 rings (SSSR count). The SMILES string of the molecule is CC1(C)OC2C3OC4C(O)C(O)C4OC3C2OC1(C)C. The second kappa shape index (κ2) is 3.74. The molecule has 114 valence electrons. The van der Waals surface area contributed by atoms with E-state index >= 15 is 0 Å². The molecule has 4 aliphatic rings. The number of hydrogen-bond acceptors (Lipinski definition) is 6. The van der Waals surface area contributed by atoms with Crippen LogP contribution in [0.15, 0.2) is 0 Å². The van der Waals surface area contributed by atoms with E-state index in [1.54, 1.807) is 0 Å². The molecule has 2 N–H and O–H groups in total. The lowest BCUT2D eigenvalue weighted by atomic mass is 9.74. The maximum atomic E-state index is 9.69. The van der Waals surface area contributed by atoms with E-state index in [9.17, 15) is 10.2 Å². The molecule has 0 amide bonds. The Morgan fingerprint density at radius 2 is 0.950 bits per heavy atom. The fraction of sp³-hybridized carbons (Fsp3) is 1.00. The molecule has 2 aliphatic heterocycles. The zero-order valence-corrected chi connectivity index (χ0v) is 12.1. The number of fused-ring (bicyclic) bond motifs is 5. The van der Waals surface area contributed by atoms with E-state index in [1.807, 2.05) is 27.7 Å². The van der Waals surface area contributed by atoms with Crippen molar-refractivity contribution in [2.75, 3.05) is 0 Å². The molecule has 0 aromatic heterocycles. The largest absolute Gasteiger partial charge is 0.387 e. The van der Waals surface area contributed by atoms with Gasteiger partial charge in [-0.3, -0.25) is 0 Å². The third-order valence-electron chi connectivity index (χ3n) is 5.58. The van der Waals surface area contributed by atoms with E-state index in [0.717, 1.165) is 0 Å². The van der Waals surface area contributed by atoms with Gasteiger partial charge < -0.3 is 29.2 Å². The Hall–Kier alpha value is -0.240. The van der Waals surface area contributed by atoms with Gasteiger partial charge in [-0.1, -0.05) is 0 Å². The summed E-state index contributed by atoms with van der Waals surface area (Å²) in [5.41, 5.74) is -0.839. The summed E-state index contributed by atoms with van der Waals surface area (Å²) in [6.45, 7) is 8.02. The predicted octanol–water partition coefficient (Wildman–Crippen LogP) is -0.402. The smallest absolute Gasteiger partial charge is 0.116 e. The van der Waals surface area contributed by atoms with Crippen molar-refractivity contribution in [3.8, 4) is 0 Å². The van der Waals surface area contributed by atoms with Crippen molar-refractivity contribution < 1.29 is 29.2 Å². The van der Waals surface area contributed by atoms with Gasteiger partial charge in [0.15, 0.2) is 0 Å². The van der Waals surface area contributed by atoms with Crippen molar-refractivity contribution in [1.29, 1.82) is 0 Å². The van der Waals surface area contributed by atoms with E-state index in [2.05, 4.69) is 0 Å². The van der Waals surface area contributed by atoms with Crippen molar-refractivity contribution in [3.05, 3.63) is 0 Å². The number of ether oxygens (including phenoxy) is 4. The van der Waals surface area contributed by atoms with Crippen LogP contribution in [0.1, 0.15) is 27.7 Å². The van der Waals surface area contributed by atoms with E-state index in [1.165, 1.54) is 0 Å². The third-order valence-corrected chi connectivity index (χ3v) is 5.58. The molecule has 0 aromatic carbocycles. The number of rotatable bonds is 0. The van der Waals surface area contributed by atoms with Gasteiger partial charge in [-0.25, -0.2) is 0 Å². The van der Waals surface area contributed by atoms with Crippen LogP contribution >= 0.6 is 0 Å². The van der Waals surface area contributed by atoms with Crippen LogP contribution < -0.4 is 0 Å². The lowest BCUT2D eigenvalue weighted by Crippen LogP contribution is -2.83. The van der Waals surface area contributed by atoms with Crippen LogP contribution in [0.5, 0.6) is 0 Å². The molecule has 0 spiro atoms. The van der Waals surface area contributed by atoms with Gasteiger partial charge in [0.2, 0.25) is 0 Å². The zero-order valence-electron chi connectivity index (χ0n) is 12.1. The summed E-state index contributed by atoms with van der Waals surface area (Å²) in [6.07, 6.45) is -3.42. The normalized spacial score (nSPS) is 58.5. The Morgan fingerprint density at radius 1 is 0.600 bits per heavy atom. The molecule has 0 bridgehead atoms. The molecule has 20 heavy (non-hydrogen) atoms. The van der Waals surface area contributed by atoms with Gasteiger partial charge in [0.25, 0.3) is 0 Å². The number of aliphatic hydroxyl groups excluding tert-OH is 2. The van der Waals surface area contributed by atoms with Gasteiger partial charge in [0.1, 0.15) is 48.8 Å². The number of aliphatic hydroxyl groups is 2. The average molecular weight is 286 g/mol. The minimum Gasteiger partial charge on any atom is -0.387 e. The summed E-state index contributed by atoms with van der Waals surface area (Å²) in [5, 5.41) is 19.4. The zero-order chi connectivity index (χ0) is 14.4. The third kappa shape index (κ3) is 1.44. The first-order chi connectivity index (χ1) is 9.23. The van der Waals surface area contributed by atoms with E-state index in [4.69, 9.17) is 18.9 Å². The van der Waals surface area contributed by atoms with Crippen LogP contribution in [-0.4, -0.2) is 70.2 Å². The van der Waals surface area contributed by atoms with Crippen LogP contribution in [0.2, 0.25) is 0 Å². The Morgan fingerprint density at radius 3 is 1.30 bits per heavy atom.